The van der Waals surface area contributed by atoms with E-state index in [0.29, 0.717) is 13.0 Å². The number of nitrogens with one attached hydrogen (secondary N) is 1. The highest BCUT2D eigenvalue weighted by atomic mass is 16.4. The Labute approximate surface area is 111 Å². The van der Waals surface area contributed by atoms with Gasteiger partial charge in [-0.1, -0.05) is 0 Å². The van der Waals surface area contributed by atoms with Crippen LogP contribution >= 0.6 is 0 Å². The summed E-state index contributed by atoms with van der Waals surface area (Å²) in [5.74, 6) is -1.20. The van der Waals surface area contributed by atoms with E-state index < -0.39 is 18.5 Å². The molecule has 8 heteroatoms. The molecule has 1 heterocycles. The lowest BCUT2D eigenvalue weighted by Gasteiger charge is -2.37. The molecule has 1 unspecified atom stereocenters. The number of piperidine rings is 1. The third kappa shape index (κ3) is 4.74. The van der Waals surface area contributed by atoms with Crippen LogP contribution in [0.2, 0.25) is 0 Å². The quantitative estimate of drug-likeness (QED) is 0.573. The number of nitrogens with zero attached hydrogens (tertiary/aromatic N) is 2. The number of hydrogen-bond acceptors (Lipinski definition) is 4. The van der Waals surface area contributed by atoms with Crippen LogP contribution in [0, 0.1) is 0 Å². The minimum Gasteiger partial charge on any atom is -0.480 e. The van der Waals surface area contributed by atoms with Crippen LogP contribution in [0.5, 0.6) is 0 Å². The van der Waals surface area contributed by atoms with Gasteiger partial charge in [0.25, 0.3) is 0 Å². The van der Waals surface area contributed by atoms with Crippen molar-refractivity contribution < 1.29 is 19.5 Å². The van der Waals surface area contributed by atoms with Crippen molar-refractivity contribution >= 4 is 17.9 Å². The Bertz CT molecular complexity index is 361. The average molecular weight is 272 g/mol. The maximum absolute atomic E-state index is 11.3. The highest BCUT2D eigenvalue weighted by Gasteiger charge is 2.29. The van der Waals surface area contributed by atoms with Crippen LogP contribution in [-0.2, 0) is 9.59 Å². The second-order valence-electron chi connectivity index (χ2n) is 4.56. The van der Waals surface area contributed by atoms with Crippen LogP contribution in [0.15, 0.2) is 0 Å². The van der Waals surface area contributed by atoms with Crippen LogP contribution in [-0.4, -0.2) is 72.1 Å². The Morgan fingerprint density at radius 3 is 2.68 bits per heavy atom. The number of carbonyl (C=O) groups excluding carboxylic acids is 2. The SMILES string of the molecule is CNC(=O)CN1CCCC(N(CC(=O)O)C(N)=O)C1. The van der Waals surface area contributed by atoms with Gasteiger partial charge in [0.15, 0.2) is 0 Å². The van der Waals surface area contributed by atoms with E-state index in [9.17, 15) is 14.4 Å². The van der Waals surface area contributed by atoms with Gasteiger partial charge in [-0.05, 0) is 19.4 Å². The highest BCUT2D eigenvalue weighted by molar-refractivity contribution is 5.79. The molecule has 0 spiro atoms. The fraction of sp³-hybridized carbons (Fsp3) is 0.727. The topological polar surface area (TPSA) is 116 Å². The van der Waals surface area contributed by atoms with Gasteiger partial charge in [0.05, 0.1) is 6.54 Å². The van der Waals surface area contributed by atoms with Crippen molar-refractivity contribution in [2.75, 3.05) is 33.2 Å². The molecule has 8 nitrogen and oxygen atoms in total. The number of hydrogen-bond donors (Lipinski definition) is 3. The molecule has 1 saturated heterocycles. The summed E-state index contributed by atoms with van der Waals surface area (Å²) in [5, 5.41) is 11.3. The number of carboxylic acid groups (broad SMARTS) is 1. The molecule has 1 atom stereocenters. The molecular formula is C11H20N4O4. The molecule has 0 aromatic heterocycles. The Kier molecular flexibility index (Phi) is 5.56. The maximum Gasteiger partial charge on any atom is 0.323 e. The number of likely N-dealkylation sites (tertiary alicyclic amines) is 1. The Balaban J connectivity index is 2.62. The summed E-state index contributed by atoms with van der Waals surface area (Å²) < 4.78 is 0. The maximum atomic E-state index is 11.3. The summed E-state index contributed by atoms with van der Waals surface area (Å²) in [6.07, 6.45) is 1.49. The van der Waals surface area contributed by atoms with E-state index in [1.165, 1.54) is 0 Å². The molecule has 1 fully saturated rings. The lowest BCUT2D eigenvalue weighted by atomic mass is 10.0. The molecular weight excluding hydrogens is 252 g/mol. The second-order valence-corrected chi connectivity index (χ2v) is 4.56. The molecule has 1 aliphatic rings. The predicted molar refractivity (Wildman–Crippen MR) is 67.5 cm³/mol. The van der Waals surface area contributed by atoms with Gasteiger partial charge in [0.1, 0.15) is 6.54 Å². The molecule has 0 radical (unpaired) electrons. The predicted octanol–water partition coefficient (Wildman–Crippen LogP) is -1.34. The first-order valence-electron chi connectivity index (χ1n) is 6.14. The van der Waals surface area contributed by atoms with Crippen LogP contribution in [0.3, 0.4) is 0 Å². The lowest BCUT2D eigenvalue weighted by molar-refractivity contribution is -0.138. The minimum atomic E-state index is -1.10. The van der Waals surface area contributed by atoms with E-state index in [0.717, 1.165) is 17.9 Å². The van der Waals surface area contributed by atoms with Gasteiger partial charge in [-0.3, -0.25) is 14.5 Å². The van der Waals surface area contributed by atoms with Crippen molar-refractivity contribution in [3.05, 3.63) is 0 Å². The molecule has 19 heavy (non-hydrogen) atoms. The Morgan fingerprint density at radius 1 is 1.47 bits per heavy atom. The summed E-state index contributed by atoms with van der Waals surface area (Å²) in [7, 11) is 1.56. The van der Waals surface area contributed by atoms with Crippen LogP contribution < -0.4 is 11.1 Å². The summed E-state index contributed by atoms with van der Waals surface area (Å²) >= 11 is 0. The van der Waals surface area contributed by atoms with E-state index in [1.54, 1.807) is 7.05 Å². The normalized spacial score (nSPS) is 19.7. The third-order valence-corrected chi connectivity index (χ3v) is 3.16. The van der Waals surface area contributed by atoms with Gasteiger partial charge in [0, 0.05) is 19.6 Å². The molecule has 1 rings (SSSR count). The summed E-state index contributed by atoms with van der Waals surface area (Å²) in [6.45, 7) is 1.05. The first kappa shape index (κ1) is 15.2. The fourth-order valence-electron chi connectivity index (χ4n) is 2.24. The average Bonchev–Trinajstić information content (AvgIpc) is 2.35. The number of urea groups is 1. The van der Waals surface area contributed by atoms with Crippen molar-refractivity contribution in [1.29, 1.82) is 0 Å². The minimum absolute atomic E-state index is 0.107. The zero-order chi connectivity index (χ0) is 14.4. The van der Waals surface area contributed by atoms with Crippen molar-refractivity contribution in [2.24, 2.45) is 5.73 Å². The third-order valence-electron chi connectivity index (χ3n) is 3.16. The van der Waals surface area contributed by atoms with E-state index in [1.807, 2.05) is 4.90 Å². The largest absolute Gasteiger partial charge is 0.480 e. The lowest BCUT2D eigenvalue weighted by Crippen LogP contribution is -2.54. The summed E-state index contributed by atoms with van der Waals surface area (Å²) in [5.41, 5.74) is 5.21. The molecule has 3 amide bonds. The number of amides is 3. The molecule has 0 aromatic rings. The van der Waals surface area contributed by atoms with Crippen molar-refractivity contribution in [2.45, 2.75) is 18.9 Å². The van der Waals surface area contributed by atoms with E-state index >= 15 is 0 Å². The van der Waals surface area contributed by atoms with Crippen molar-refractivity contribution in [3.8, 4) is 0 Å². The number of rotatable bonds is 5. The Hall–Kier alpha value is -1.83. The molecule has 1 aliphatic heterocycles. The number of carbonyl (C=O) groups is 3. The van der Waals surface area contributed by atoms with Gasteiger partial charge in [-0.15, -0.1) is 0 Å². The summed E-state index contributed by atoms with van der Waals surface area (Å²) in [6, 6.07) is -0.999. The Morgan fingerprint density at radius 2 is 2.16 bits per heavy atom. The standard InChI is InChI=1S/C11H20N4O4/c1-13-9(16)6-14-4-2-3-8(5-14)15(11(12)19)7-10(17)18/h8H,2-7H2,1H3,(H2,12,19)(H,13,16)(H,17,18). The van der Waals surface area contributed by atoms with Crippen molar-refractivity contribution in [1.82, 2.24) is 15.1 Å². The number of nitrogens with two attached hydrogens (primary N) is 1. The molecule has 0 aliphatic carbocycles. The van der Waals surface area contributed by atoms with Gasteiger partial charge in [-0.2, -0.15) is 0 Å². The first-order valence-corrected chi connectivity index (χ1v) is 6.14. The van der Waals surface area contributed by atoms with Crippen LogP contribution in [0.1, 0.15) is 12.8 Å². The van der Waals surface area contributed by atoms with E-state index in [-0.39, 0.29) is 18.5 Å². The zero-order valence-electron chi connectivity index (χ0n) is 11.0. The number of likely N-dealkylation sites (N-methyl/N-ethyl adjacent to an activating group) is 1. The monoisotopic (exact) mass is 272 g/mol. The van der Waals surface area contributed by atoms with E-state index in [2.05, 4.69) is 5.32 Å². The second kappa shape index (κ2) is 6.93. The zero-order valence-corrected chi connectivity index (χ0v) is 11.0. The molecule has 0 saturated carbocycles. The molecule has 4 N–H and O–H groups in total. The fourth-order valence-corrected chi connectivity index (χ4v) is 2.24. The van der Waals surface area contributed by atoms with Gasteiger partial charge >= 0.3 is 12.0 Å². The molecule has 108 valence electrons. The highest BCUT2D eigenvalue weighted by Crippen LogP contribution is 2.15. The molecule has 0 aromatic carbocycles. The van der Waals surface area contributed by atoms with Crippen molar-refractivity contribution in [3.63, 3.8) is 0 Å². The van der Waals surface area contributed by atoms with Crippen LogP contribution in [0.4, 0.5) is 4.79 Å². The van der Waals surface area contributed by atoms with Gasteiger partial charge in [0.2, 0.25) is 5.91 Å². The number of aliphatic carboxylic acids is 1. The first-order chi connectivity index (χ1) is 8.93. The van der Waals surface area contributed by atoms with E-state index in [4.69, 9.17) is 10.8 Å². The smallest absolute Gasteiger partial charge is 0.323 e. The van der Waals surface area contributed by atoms with Crippen LogP contribution in [0.25, 0.3) is 0 Å². The molecule has 0 bridgehead atoms. The summed E-state index contributed by atoms with van der Waals surface area (Å²) in [4.78, 5) is 36.4. The number of carboxylic acids is 1. The number of primary amides is 1. The van der Waals surface area contributed by atoms with Gasteiger partial charge in [-0.25, -0.2) is 4.79 Å². The van der Waals surface area contributed by atoms with Gasteiger partial charge < -0.3 is 21.1 Å².